The van der Waals surface area contributed by atoms with Crippen LogP contribution >= 0.6 is 0 Å². The van der Waals surface area contributed by atoms with E-state index in [0.717, 1.165) is 0 Å². The first kappa shape index (κ1) is 20.3. The minimum atomic E-state index is -4.40. The molecule has 2 aliphatic rings. The molecule has 3 rings (SSSR count). The molecule has 28 heavy (non-hydrogen) atoms. The summed E-state index contributed by atoms with van der Waals surface area (Å²) in [6, 6.07) is 6.74. The van der Waals surface area contributed by atoms with E-state index in [1.54, 1.807) is 24.3 Å². The van der Waals surface area contributed by atoms with Gasteiger partial charge in [0, 0.05) is 12.5 Å². The summed E-state index contributed by atoms with van der Waals surface area (Å²) in [5.41, 5.74) is 0.858. The molecular weight excluding hydrogens is 375 g/mol. The lowest BCUT2D eigenvalue weighted by Crippen LogP contribution is -2.43. The highest BCUT2D eigenvalue weighted by Crippen LogP contribution is 2.23. The molecule has 0 saturated carbocycles. The molecule has 152 valence electrons. The topological polar surface area (TPSA) is 69.7 Å². The maximum atomic E-state index is 12.3. The average molecular weight is 397 g/mol. The Morgan fingerprint density at radius 1 is 1.04 bits per heavy atom. The van der Waals surface area contributed by atoms with Gasteiger partial charge >= 0.3 is 6.18 Å². The van der Waals surface area contributed by atoms with E-state index in [1.165, 1.54) is 4.90 Å². The Bertz CT molecular complexity index is 723. The maximum Gasteiger partial charge on any atom is 0.405 e. The van der Waals surface area contributed by atoms with Gasteiger partial charge in [0.15, 0.2) is 0 Å². The van der Waals surface area contributed by atoms with Gasteiger partial charge in [0.1, 0.15) is 6.54 Å². The Balaban J connectivity index is 1.39. The zero-order valence-corrected chi connectivity index (χ0v) is 15.3. The van der Waals surface area contributed by atoms with Crippen molar-refractivity contribution < 1.29 is 27.6 Å². The van der Waals surface area contributed by atoms with Crippen molar-refractivity contribution in [3.63, 3.8) is 0 Å². The standard InChI is InChI=1S/C19H22F3N3O3/c20-19(21,22)12-23-16(26)13-6-10-24(11-7-13)8-3-9-25-17(27)14-4-1-2-5-15(14)18(25)28/h1-2,4-5,13H,3,6-12H2,(H,23,26). The highest BCUT2D eigenvalue weighted by atomic mass is 19.4. The van der Waals surface area contributed by atoms with Crippen LogP contribution in [0.5, 0.6) is 0 Å². The molecule has 1 saturated heterocycles. The van der Waals surface area contributed by atoms with Gasteiger partial charge in [0.05, 0.1) is 11.1 Å². The third-order valence-electron chi connectivity index (χ3n) is 5.16. The number of hydrogen-bond donors (Lipinski definition) is 1. The highest BCUT2D eigenvalue weighted by molar-refractivity contribution is 6.21. The third kappa shape index (κ3) is 4.70. The van der Waals surface area contributed by atoms with Crippen molar-refractivity contribution in [2.24, 2.45) is 5.92 Å². The van der Waals surface area contributed by atoms with Crippen LogP contribution in [0.15, 0.2) is 24.3 Å². The average Bonchev–Trinajstić information content (AvgIpc) is 2.91. The molecule has 0 spiro atoms. The number of nitrogens with one attached hydrogen (secondary N) is 1. The van der Waals surface area contributed by atoms with E-state index in [0.29, 0.717) is 56.6 Å². The van der Waals surface area contributed by atoms with E-state index in [4.69, 9.17) is 0 Å². The number of fused-ring (bicyclic) bond motifs is 1. The molecule has 1 fully saturated rings. The Kier molecular flexibility index (Phi) is 6.02. The monoisotopic (exact) mass is 397 g/mol. The summed E-state index contributed by atoms with van der Waals surface area (Å²) in [5, 5.41) is 1.94. The minimum Gasteiger partial charge on any atom is -0.347 e. The number of alkyl halides is 3. The number of hydrogen-bond acceptors (Lipinski definition) is 4. The van der Waals surface area contributed by atoms with Crippen LogP contribution in [0.25, 0.3) is 0 Å². The number of benzene rings is 1. The number of halogens is 3. The van der Waals surface area contributed by atoms with E-state index in [1.807, 2.05) is 5.32 Å². The molecule has 0 unspecified atom stereocenters. The first-order chi connectivity index (χ1) is 13.3. The number of rotatable bonds is 6. The van der Waals surface area contributed by atoms with Gasteiger partial charge < -0.3 is 10.2 Å². The van der Waals surface area contributed by atoms with Crippen LogP contribution in [0, 0.1) is 5.92 Å². The van der Waals surface area contributed by atoms with Crippen LogP contribution in [0.2, 0.25) is 0 Å². The zero-order valence-electron chi connectivity index (χ0n) is 15.3. The summed E-state index contributed by atoms with van der Waals surface area (Å²) in [4.78, 5) is 39.8. The molecule has 2 aliphatic heterocycles. The van der Waals surface area contributed by atoms with Crippen molar-refractivity contribution in [1.29, 1.82) is 0 Å². The van der Waals surface area contributed by atoms with E-state index >= 15 is 0 Å². The SMILES string of the molecule is O=C(NCC(F)(F)F)C1CCN(CCCN2C(=O)c3ccccc3C2=O)CC1. The number of amides is 3. The molecule has 6 nitrogen and oxygen atoms in total. The molecule has 1 aromatic rings. The van der Waals surface area contributed by atoms with Crippen molar-refractivity contribution in [2.45, 2.75) is 25.4 Å². The van der Waals surface area contributed by atoms with Gasteiger partial charge in [-0.15, -0.1) is 0 Å². The molecule has 9 heteroatoms. The first-order valence-electron chi connectivity index (χ1n) is 9.28. The molecule has 0 aliphatic carbocycles. The van der Waals surface area contributed by atoms with Crippen molar-refractivity contribution in [3.8, 4) is 0 Å². The number of carbonyl (C=O) groups excluding carboxylic acids is 3. The minimum absolute atomic E-state index is 0.277. The van der Waals surface area contributed by atoms with E-state index in [2.05, 4.69) is 4.90 Å². The summed E-state index contributed by atoms with van der Waals surface area (Å²) in [5.74, 6) is -1.51. The third-order valence-corrected chi connectivity index (χ3v) is 5.16. The predicted molar refractivity (Wildman–Crippen MR) is 94.7 cm³/mol. The maximum absolute atomic E-state index is 12.3. The van der Waals surface area contributed by atoms with Gasteiger partial charge in [0.2, 0.25) is 5.91 Å². The number of carbonyl (C=O) groups is 3. The number of imide groups is 1. The van der Waals surface area contributed by atoms with Crippen LogP contribution in [0.4, 0.5) is 13.2 Å². The van der Waals surface area contributed by atoms with Gasteiger partial charge in [-0.05, 0) is 51.0 Å². The van der Waals surface area contributed by atoms with Crippen LogP contribution in [0.3, 0.4) is 0 Å². The Labute approximate surface area is 160 Å². The van der Waals surface area contributed by atoms with Crippen LogP contribution in [-0.4, -0.2) is 66.4 Å². The molecule has 1 aromatic carbocycles. The second-order valence-corrected chi connectivity index (χ2v) is 7.11. The second kappa shape index (κ2) is 8.30. The molecular formula is C19H22F3N3O3. The summed E-state index contributed by atoms with van der Waals surface area (Å²) < 4.78 is 36.5. The molecule has 0 bridgehead atoms. The van der Waals surface area contributed by atoms with Crippen LogP contribution < -0.4 is 5.32 Å². The smallest absolute Gasteiger partial charge is 0.347 e. The van der Waals surface area contributed by atoms with Gasteiger partial charge in [0.25, 0.3) is 11.8 Å². The first-order valence-corrected chi connectivity index (χ1v) is 9.28. The van der Waals surface area contributed by atoms with E-state index in [-0.39, 0.29) is 11.8 Å². The van der Waals surface area contributed by atoms with Crippen LogP contribution in [-0.2, 0) is 4.79 Å². The number of nitrogens with zero attached hydrogens (tertiary/aromatic N) is 2. The van der Waals surface area contributed by atoms with Crippen molar-refractivity contribution >= 4 is 17.7 Å². The van der Waals surface area contributed by atoms with Gasteiger partial charge in [-0.25, -0.2) is 0 Å². The lowest BCUT2D eigenvalue weighted by atomic mass is 9.96. The summed E-state index contributed by atoms with van der Waals surface area (Å²) in [6.07, 6.45) is -2.80. The largest absolute Gasteiger partial charge is 0.405 e. The fourth-order valence-corrected chi connectivity index (χ4v) is 3.65. The molecule has 3 amide bonds. The fourth-order valence-electron chi connectivity index (χ4n) is 3.65. The number of piperidine rings is 1. The van der Waals surface area contributed by atoms with E-state index < -0.39 is 24.5 Å². The molecule has 0 radical (unpaired) electrons. The molecule has 2 heterocycles. The Morgan fingerprint density at radius 2 is 1.61 bits per heavy atom. The summed E-state index contributed by atoms with van der Waals surface area (Å²) >= 11 is 0. The fraction of sp³-hybridized carbons (Fsp3) is 0.526. The normalized spacial score (nSPS) is 18.5. The zero-order chi connectivity index (χ0) is 20.3. The highest BCUT2D eigenvalue weighted by Gasteiger charge is 2.35. The lowest BCUT2D eigenvalue weighted by Gasteiger charge is -2.31. The Morgan fingerprint density at radius 3 is 2.14 bits per heavy atom. The quantitative estimate of drug-likeness (QED) is 0.746. The Hall–Kier alpha value is -2.42. The molecule has 0 atom stereocenters. The number of likely N-dealkylation sites (tertiary alicyclic amines) is 1. The van der Waals surface area contributed by atoms with Crippen molar-refractivity contribution in [2.75, 3.05) is 32.7 Å². The van der Waals surface area contributed by atoms with Crippen molar-refractivity contribution in [3.05, 3.63) is 35.4 Å². The van der Waals surface area contributed by atoms with Crippen molar-refractivity contribution in [1.82, 2.24) is 15.1 Å². The second-order valence-electron chi connectivity index (χ2n) is 7.11. The van der Waals surface area contributed by atoms with Gasteiger partial charge in [-0.1, -0.05) is 12.1 Å². The lowest BCUT2D eigenvalue weighted by molar-refractivity contribution is -0.141. The van der Waals surface area contributed by atoms with E-state index in [9.17, 15) is 27.6 Å². The molecule has 0 aromatic heterocycles. The van der Waals surface area contributed by atoms with Gasteiger partial charge in [-0.2, -0.15) is 13.2 Å². The molecule has 1 N–H and O–H groups in total. The summed E-state index contributed by atoms with van der Waals surface area (Å²) in [7, 11) is 0. The van der Waals surface area contributed by atoms with Crippen LogP contribution in [0.1, 0.15) is 40.0 Å². The summed E-state index contributed by atoms with van der Waals surface area (Å²) in [6.45, 7) is 0.882. The van der Waals surface area contributed by atoms with Gasteiger partial charge in [-0.3, -0.25) is 19.3 Å². The predicted octanol–water partition coefficient (Wildman–Crippen LogP) is 2.06.